The minimum Gasteiger partial charge on any atom is -0.352 e. The zero-order valence-electron chi connectivity index (χ0n) is 16.6. The molecule has 3 aromatic carbocycles. The van der Waals surface area contributed by atoms with Gasteiger partial charge in [-0.3, -0.25) is 9.52 Å². The fourth-order valence-electron chi connectivity index (χ4n) is 3.03. The van der Waals surface area contributed by atoms with Gasteiger partial charge in [-0.25, -0.2) is 8.42 Å². The molecule has 0 heterocycles. The number of carbonyl (C=O) groups is 1. The summed E-state index contributed by atoms with van der Waals surface area (Å²) in [6.07, 6.45) is 1.63. The van der Waals surface area contributed by atoms with E-state index in [9.17, 15) is 13.2 Å². The van der Waals surface area contributed by atoms with Crippen molar-refractivity contribution in [2.75, 3.05) is 11.3 Å². The molecule has 0 aliphatic rings. The number of sulfonamides is 1. The number of hydrogen-bond acceptors (Lipinski definition) is 3. The lowest BCUT2D eigenvalue weighted by atomic mass is 10.1. The molecular formula is C23H23ClN2O3S. The number of halogens is 1. The SMILES string of the molecule is Cc1cccc(CCCNC(=O)c2ccc(Cl)c(S(=O)(=O)Nc3ccccc3)c2)c1. The Bertz CT molecular complexity index is 1130. The van der Waals surface area contributed by atoms with Gasteiger partial charge in [0, 0.05) is 17.8 Å². The van der Waals surface area contributed by atoms with Crippen LogP contribution >= 0.6 is 11.6 Å². The normalized spacial score (nSPS) is 11.1. The number of aryl methyl sites for hydroxylation is 2. The standard InChI is InChI=1S/C23H23ClN2O3S/c1-17-7-5-8-18(15-17)9-6-14-25-23(27)19-12-13-21(24)22(16-19)30(28,29)26-20-10-3-2-4-11-20/h2-5,7-8,10-13,15-16,26H,6,9,14H2,1H3,(H,25,27). The minimum absolute atomic E-state index is 0.0504. The van der Waals surface area contributed by atoms with Gasteiger partial charge in [0.1, 0.15) is 4.90 Å². The predicted molar refractivity (Wildman–Crippen MR) is 121 cm³/mol. The van der Waals surface area contributed by atoms with Crippen molar-refractivity contribution in [1.82, 2.24) is 5.32 Å². The Hall–Kier alpha value is -2.83. The minimum atomic E-state index is -3.93. The van der Waals surface area contributed by atoms with Crippen LogP contribution in [0.3, 0.4) is 0 Å². The van der Waals surface area contributed by atoms with Gasteiger partial charge in [0.05, 0.1) is 5.02 Å². The highest BCUT2D eigenvalue weighted by Gasteiger charge is 2.20. The Kier molecular flexibility index (Phi) is 7.13. The van der Waals surface area contributed by atoms with E-state index in [-0.39, 0.29) is 21.4 Å². The summed E-state index contributed by atoms with van der Waals surface area (Å²) in [5.74, 6) is -0.341. The van der Waals surface area contributed by atoms with Gasteiger partial charge in [-0.15, -0.1) is 0 Å². The molecule has 0 aliphatic heterocycles. The number of rotatable bonds is 8. The highest BCUT2D eigenvalue weighted by Crippen LogP contribution is 2.25. The van der Waals surface area contributed by atoms with Crippen molar-refractivity contribution in [3.05, 3.63) is 94.5 Å². The summed E-state index contributed by atoms with van der Waals surface area (Å²) in [5, 5.41) is 2.88. The molecule has 1 amide bonds. The number of benzene rings is 3. The molecule has 5 nitrogen and oxygen atoms in total. The van der Waals surface area contributed by atoms with Crippen LogP contribution in [0.5, 0.6) is 0 Å². The quantitative estimate of drug-likeness (QED) is 0.491. The molecule has 0 saturated carbocycles. The number of anilines is 1. The van der Waals surface area contributed by atoms with Crippen LogP contribution in [-0.4, -0.2) is 20.9 Å². The van der Waals surface area contributed by atoms with Crippen LogP contribution in [0.2, 0.25) is 5.02 Å². The Morgan fingerprint density at radius 3 is 2.47 bits per heavy atom. The maximum atomic E-state index is 12.7. The van der Waals surface area contributed by atoms with Gasteiger partial charge in [0.2, 0.25) is 0 Å². The Labute approximate surface area is 182 Å². The molecule has 7 heteroatoms. The van der Waals surface area contributed by atoms with Crippen molar-refractivity contribution in [1.29, 1.82) is 0 Å². The van der Waals surface area contributed by atoms with E-state index >= 15 is 0 Å². The zero-order valence-corrected chi connectivity index (χ0v) is 18.1. The molecule has 0 atom stereocenters. The monoisotopic (exact) mass is 442 g/mol. The van der Waals surface area contributed by atoms with E-state index in [1.807, 2.05) is 19.1 Å². The average molecular weight is 443 g/mol. The number of amides is 1. The molecular weight excluding hydrogens is 420 g/mol. The maximum absolute atomic E-state index is 12.7. The highest BCUT2D eigenvalue weighted by molar-refractivity contribution is 7.92. The lowest BCUT2D eigenvalue weighted by Crippen LogP contribution is -2.25. The summed E-state index contributed by atoms with van der Waals surface area (Å²) in [4.78, 5) is 12.4. The van der Waals surface area contributed by atoms with Gasteiger partial charge in [-0.2, -0.15) is 0 Å². The summed E-state index contributed by atoms with van der Waals surface area (Å²) < 4.78 is 27.9. The van der Waals surface area contributed by atoms with E-state index in [2.05, 4.69) is 22.2 Å². The Morgan fingerprint density at radius 2 is 1.73 bits per heavy atom. The van der Waals surface area contributed by atoms with E-state index in [1.54, 1.807) is 30.3 Å². The first-order valence-electron chi connectivity index (χ1n) is 9.56. The molecule has 2 N–H and O–H groups in total. The topological polar surface area (TPSA) is 75.3 Å². The molecule has 0 aliphatic carbocycles. The lowest BCUT2D eigenvalue weighted by molar-refractivity contribution is 0.0953. The molecule has 0 fully saturated rings. The van der Waals surface area contributed by atoms with Crippen LogP contribution in [0.15, 0.2) is 77.7 Å². The number of para-hydroxylation sites is 1. The van der Waals surface area contributed by atoms with Crippen LogP contribution in [0.25, 0.3) is 0 Å². The summed E-state index contributed by atoms with van der Waals surface area (Å²) in [7, 11) is -3.93. The van der Waals surface area contributed by atoms with Crippen LogP contribution in [0, 0.1) is 6.92 Å². The van der Waals surface area contributed by atoms with E-state index in [0.717, 1.165) is 12.8 Å². The molecule has 0 radical (unpaired) electrons. The first-order valence-corrected chi connectivity index (χ1v) is 11.4. The third kappa shape index (κ3) is 5.84. The number of hydrogen-bond donors (Lipinski definition) is 2. The van der Waals surface area contributed by atoms with Crippen LogP contribution in [0.1, 0.15) is 27.9 Å². The van der Waals surface area contributed by atoms with Gasteiger partial charge in [-0.1, -0.05) is 59.6 Å². The number of carbonyl (C=O) groups excluding carboxylic acids is 1. The lowest BCUT2D eigenvalue weighted by Gasteiger charge is -2.11. The highest BCUT2D eigenvalue weighted by atomic mass is 35.5. The molecule has 0 bridgehead atoms. The second kappa shape index (κ2) is 9.78. The molecule has 0 saturated heterocycles. The maximum Gasteiger partial charge on any atom is 0.263 e. The second-order valence-corrected chi connectivity index (χ2v) is 9.02. The molecule has 3 aromatic rings. The van der Waals surface area contributed by atoms with Gasteiger partial charge in [0.25, 0.3) is 15.9 Å². The van der Waals surface area contributed by atoms with Gasteiger partial charge in [0.15, 0.2) is 0 Å². The first kappa shape index (κ1) is 21.9. The van der Waals surface area contributed by atoms with E-state index in [0.29, 0.717) is 12.2 Å². The summed E-state index contributed by atoms with van der Waals surface area (Å²) in [6, 6.07) is 21.0. The fraction of sp³-hybridized carbons (Fsp3) is 0.174. The molecule has 0 aromatic heterocycles. The van der Waals surface area contributed by atoms with E-state index in [1.165, 1.54) is 29.3 Å². The van der Waals surface area contributed by atoms with Crippen molar-refractivity contribution in [2.45, 2.75) is 24.7 Å². The molecule has 0 unspecified atom stereocenters. The number of nitrogens with one attached hydrogen (secondary N) is 2. The van der Waals surface area contributed by atoms with Crippen molar-refractivity contribution in [3.63, 3.8) is 0 Å². The average Bonchev–Trinajstić information content (AvgIpc) is 2.72. The van der Waals surface area contributed by atoms with E-state index < -0.39 is 10.0 Å². The Morgan fingerprint density at radius 1 is 0.967 bits per heavy atom. The Balaban J connectivity index is 1.64. The molecule has 156 valence electrons. The van der Waals surface area contributed by atoms with Crippen molar-refractivity contribution in [2.24, 2.45) is 0 Å². The van der Waals surface area contributed by atoms with Crippen molar-refractivity contribution >= 4 is 33.2 Å². The van der Waals surface area contributed by atoms with Crippen LogP contribution in [-0.2, 0) is 16.4 Å². The third-order valence-corrected chi connectivity index (χ3v) is 6.38. The molecule has 3 rings (SSSR count). The summed E-state index contributed by atoms with van der Waals surface area (Å²) >= 11 is 6.11. The fourth-order valence-corrected chi connectivity index (χ4v) is 4.62. The van der Waals surface area contributed by atoms with Crippen LogP contribution in [0.4, 0.5) is 5.69 Å². The smallest absolute Gasteiger partial charge is 0.263 e. The summed E-state index contributed by atoms with van der Waals surface area (Å²) in [6.45, 7) is 2.53. The van der Waals surface area contributed by atoms with E-state index in [4.69, 9.17) is 11.6 Å². The van der Waals surface area contributed by atoms with Gasteiger partial charge in [-0.05, 0) is 55.7 Å². The predicted octanol–water partition coefficient (Wildman–Crippen LogP) is 4.81. The van der Waals surface area contributed by atoms with Crippen molar-refractivity contribution < 1.29 is 13.2 Å². The zero-order chi connectivity index (χ0) is 21.6. The van der Waals surface area contributed by atoms with Gasteiger partial charge >= 0.3 is 0 Å². The first-order chi connectivity index (χ1) is 14.3. The molecule has 30 heavy (non-hydrogen) atoms. The largest absolute Gasteiger partial charge is 0.352 e. The van der Waals surface area contributed by atoms with Crippen molar-refractivity contribution in [3.8, 4) is 0 Å². The third-order valence-electron chi connectivity index (χ3n) is 4.52. The molecule has 0 spiro atoms. The summed E-state index contributed by atoms with van der Waals surface area (Å²) in [5.41, 5.74) is 3.08. The second-order valence-electron chi connectivity index (χ2n) is 6.97. The van der Waals surface area contributed by atoms with Crippen LogP contribution < -0.4 is 10.0 Å². The van der Waals surface area contributed by atoms with Gasteiger partial charge < -0.3 is 5.32 Å².